The van der Waals surface area contributed by atoms with Crippen LogP contribution in [0.2, 0.25) is 5.02 Å². The van der Waals surface area contributed by atoms with Gasteiger partial charge in [-0.1, -0.05) is 11.6 Å². The van der Waals surface area contributed by atoms with Crippen LogP contribution in [0.1, 0.15) is 5.56 Å². The Morgan fingerprint density at radius 2 is 2.38 bits per heavy atom. The summed E-state index contributed by atoms with van der Waals surface area (Å²) < 4.78 is 0. The average molecular weight is 273 g/mol. The second kappa shape index (κ2) is 5.25. The first-order valence-corrected chi connectivity index (χ1v) is 7.01. The van der Waals surface area contributed by atoms with Crippen molar-refractivity contribution >= 4 is 46.4 Å². The largest absolute Gasteiger partial charge is 0.339 e. The quantitative estimate of drug-likeness (QED) is 0.789. The van der Waals surface area contributed by atoms with Crippen LogP contribution in [0.5, 0.6) is 0 Å². The number of nitrogens with zero attached hydrogens (tertiary/aromatic N) is 1. The summed E-state index contributed by atoms with van der Waals surface area (Å²) in [5.41, 5.74) is 2.15. The summed E-state index contributed by atoms with van der Waals surface area (Å²) in [4.78, 5) is 2.17. The molecule has 1 aliphatic rings. The number of anilines is 1. The summed E-state index contributed by atoms with van der Waals surface area (Å²) in [7, 11) is 0. The highest BCUT2D eigenvalue weighted by molar-refractivity contribution is 7.99. The highest BCUT2D eigenvalue weighted by Gasteiger charge is 2.15. The molecule has 0 aliphatic carbocycles. The summed E-state index contributed by atoms with van der Waals surface area (Å²) in [6.07, 6.45) is 0. The van der Waals surface area contributed by atoms with Crippen molar-refractivity contribution < 1.29 is 0 Å². The fourth-order valence-corrected chi connectivity index (χ4v) is 3.07. The summed E-state index contributed by atoms with van der Waals surface area (Å²) in [6.45, 7) is 3.05. The van der Waals surface area contributed by atoms with E-state index in [-0.39, 0.29) is 0 Å². The van der Waals surface area contributed by atoms with Gasteiger partial charge in [0.05, 0.1) is 5.88 Å². The lowest BCUT2D eigenvalue weighted by Crippen LogP contribution is -2.32. The molecule has 0 aromatic heterocycles. The van der Waals surface area contributed by atoms with E-state index in [1.165, 1.54) is 0 Å². The molecule has 1 aromatic carbocycles. The molecule has 1 aromatic rings. The second-order valence-electron chi connectivity index (χ2n) is 3.69. The van der Waals surface area contributed by atoms with Gasteiger partial charge in [0.15, 0.2) is 5.11 Å². The van der Waals surface area contributed by atoms with Crippen LogP contribution in [0.15, 0.2) is 18.2 Å². The van der Waals surface area contributed by atoms with Crippen molar-refractivity contribution in [1.29, 1.82) is 0 Å². The molecule has 0 saturated carbocycles. The Hall–Kier alpha value is -0.450. The van der Waals surface area contributed by atoms with Gasteiger partial charge >= 0.3 is 0 Å². The van der Waals surface area contributed by atoms with Gasteiger partial charge in [-0.3, -0.25) is 0 Å². The minimum absolute atomic E-state index is 0.755. The lowest BCUT2D eigenvalue weighted by molar-refractivity contribution is 0.552. The normalized spacial score (nSPS) is 15.2. The number of thiocarbonyl (C=S) groups is 1. The van der Waals surface area contributed by atoms with Crippen molar-refractivity contribution in [2.75, 3.05) is 23.5 Å². The Bertz CT molecular complexity index is 403. The van der Waals surface area contributed by atoms with Crippen LogP contribution in [0.25, 0.3) is 0 Å². The molecule has 0 unspecified atom stereocenters. The van der Waals surface area contributed by atoms with Crippen LogP contribution in [-0.2, 0) is 0 Å². The number of thioether (sulfide) groups is 1. The van der Waals surface area contributed by atoms with E-state index >= 15 is 0 Å². The molecule has 1 heterocycles. The molecule has 5 heteroatoms. The summed E-state index contributed by atoms with van der Waals surface area (Å²) >= 11 is 13.2. The Balaban J connectivity index is 2.05. The van der Waals surface area contributed by atoms with Crippen LogP contribution < -0.4 is 5.32 Å². The van der Waals surface area contributed by atoms with Crippen molar-refractivity contribution in [3.05, 3.63) is 28.8 Å². The molecule has 2 nitrogen and oxygen atoms in total. The van der Waals surface area contributed by atoms with Gasteiger partial charge in [-0.2, -0.15) is 0 Å². The van der Waals surface area contributed by atoms with Gasteiger partial charge in [0, 0.05) is 23.0 Å². The molecule has 86 valence electrons. The van der Waals surface area contributed by atoms with Gasteiger partial charge in [-0.25, -0.2) is 0 Å². The lowest BCUT2D eigenvalue weighted by atomic mass is 10.2. The van der Waals surface area contributed by atoms with Crippen LogP contribution in [-0.4, -0.2) is 28.2 Å². The molecular formula is C11H13ClN2S2. The third kappa shape index (κ3) is 2.81. The zero-order chi connectivity index (χ0) is 11.5. The van der Waals surface area contributed by atoms with Gasteiger partial charge in [0.1, 0.15) is 0 Å². The SMILES string of the molecule is Cc1cc(Cl)ccc1NC(=S)N1CCSC1. The molecule has 2 rings (SSSR count). The minimum Gasteiger partial charge on any atom is -0.339 e. The maximum Gasteiger partial charge on any atom is 0.174 e. The number of rotatable bonds is 1. The van der Waals surface area contributed by atoms with Gasteiger partial charge in [0.2, 0.25) is 0 Å². The molecule has 0 amide bonds. The van der Waals surface area contributed by atoms with Gasteiger partial charge in [0.25, 0.3) is 0 Å². The first-order valence-electron chi connectivity index (χ1n) is 5.06. The summed E-state index contributed by atoms with van der Waals surface area (Å²) in [5, 5.41) is 4.82. The van der Waals surface area contributed by atoms with E-state index in [0.717, 1.165) is 39.6 Å². The highest BCUT2D eigenvalue weighted by Crippen LogP contribution is 2.21. The molecule has 1 saturated heterocycles. The van der Waals surface area contributed by atoms with E-state index in [0.29, 0.717) is 0 Å². The number of halogens is 1. The third-order valence-electron chi connectivity index (χ3n) is 2.47. The van der Waals surface area contributed by atoms with E-state index in [9.17, 15) is 0 Å². The summed E-state index contributed by atoms with van der Waals surface area (Å²) in [6, 6.07) is 5.77. The van der Waals surface area contributed by atoms with Gasteiger partial charge < -0.3 is 10.2 Å². The highest BCUT2D eigenvalue weighted by atomic mass is 35.5. The van der Waals surface area contributed by atoms with Crippen molar-refractivity contribution in [1.82, 2.24) is 4.90 Å². The van der Waals surface area contributed by atoms with Crippen molar-refractivity contribution in [2.24, 2.45) is 0 Å². The van der Waals surface area contributed by atoms with Crippen LogP contribution in [0.4, 0.5) is 5.69 Å². The standard InChI is InChI=1S/C11H13ClN2S2/c1-8-6-9(12)2-3-10(8)13-11(15)14-4-5-16-7-14/h2-3,6H,4-5,7H2,1H3,(H,13,15). The Labute approximate surface area is 110 Å². The van der Waals surface area contributed by atoms with E-state index in [4.69, 9.17) is 23.8 Å². The first-order chi connectivity index (χ1) is 7.66. The Kier molecular flexibility index (Phi) is 3.95. The number of nitrogens with one attached hydrogen (secondary N) is 1. The van der Waals surface area contributed by atoms with E-state index in [1.54, 1.807) is 0 Å². The maximum absolute atomic E-state index is 5.91. The van der Waals surface area contributed by atoms with Crippen molar-refractivity contribution in [3.63, 3.8) is 0 Å². The molecule has 0 bridgehead atoms. The fraction of sp³-hybridized carbons (Fsp3) is 0.364. The fourth-order valence-electron chi connectivity index (χ4n) is 1.54. The first kappa shape index (κ1) is 12.0. The molecule has 0 atom stereocenters. The number of hydrogen-bond donors (Lipinski definition) is 1. The average Bonchev–Trinajstić information content (AvgIpc) is 2.75. The van der Waals surface area contributed by atoms with Crippen LogP contribution in [0.3, 0.4) is 0 Å². The monoisotopic (exact) mass is 272 g/mol. The molecule has 0 spiro atoms. The minimum atomic E-state index is 0.755. The Morgan fingerprint density at radius 1 is 1.56 bits per heavy atom. The van der Waals surface area contributed by atoms with Gasteiger partial charge in [-0.05, 0) is 42.9 Å². The molecule has 1 aliphatic heterocycles. The number of hydrogen-bond acceptors (Lipinski definition) is 2. The zero-order valence-corrected chi connectivity index (χ0v) is 11.4. The zero-order valence-electron chi connectivity index (χ0n) is 9.00. The lowest BCUT2D eigenvalue weighted by Gasteiger charge is -2.19. The van der Waals surface area contributed by atoms with Crippen LogP contribution in [0, 0.1) is 6.92 Å². The predicted molar refractivity (Wildman–Crippen MR) is 76.4 cm³/mol. The van der Waals surface area contributed by atoms with Gasteiger partial charge in [-0.15, -0.1) is 11.8 Å². The van der Waals surface area contributed by atoms with Crippen LogP contribution >= 0.6 is 35.6 Å². The number of benzene rings is 1. The Morgan fingerprint density at radius 3 is 3.00 bits per heavy atom. The van der Waals surface area contributed by atoms with E-state index in [1.807, 2.05) is 36.9 Å². The molecule has 16 heavy (non-hydrogen) atoms. The van der Waals surface area contributed by atoms with Crippen molar-refractivity contribution in [3.8, 4) is 0 Å². The van der Waals surface area contributed by atoms with Crippen molar-refractivity contribution in [2.45, 2.75) is 6.92 Å². The molecule has 1 N–H and O–H groups in total. The second-order valence-corrected chi connectivity index (χ2v) is 5.59. The summed E-state index contributed by atoms with van der Waals surface area (Å²) in [5.74, 6) is 2.14. The third-order valence-corrected chi connectivity index (χ3v) is 4.03. The molecular weight excluding hydrogens is 260 g/mol. The smallest absolute Gasteiger partial charge is 0.174 e. The van der Waals surface area contributed by atoms with E-state index < -0.39 is 0 Å². The topological polar surface area (TPSA) is 15.3 Å². The molecule has 1 fully saturated rings. The predicted octanol–water partition coefficient (Wildman–Crippen LogP) is 3.35. The number of aryl methyl sites for hydroxylation is 1. The van der Waals surface area contributed by atoms with E-state index in [2.05, 4.69) is 10.2 Å². The molecule has 0 radical (unpaired) electrons. The maximum atomic E-state index is 5.91.